The zero-order valence-corrected chi connectivity index (χ0v) is 10.6. The van der Waals surface area contributed by atoms with Gasteiger partial charge in [-0.3, -0.25) is 0 Å². The van der Waals surface area contributed by atoms with Crippen molar-refractivity contribution in [3.8, 4) is 11.1 Å². The van der Waals surface area contributed by atoms with Gasteiger partial charge >= 0.3 is 6.18 Å². The van der Waals surface area contributed by atoms with Gasteiger partial charge in [-0.1, -0.05) is 29.8 Å². The Hall–Kier alpha value is -1.52. The highest BCUT2D eigenvalue weighted by Gasteiger charge is 2.30. The van der Waals surface area contributed by atoms with Gasteiger partial charge < -0.3 is 5.73 Å². The highest BCUT2D eigenvalue weighted by atomic mass is 35.5. The van der Waals surface area contributed by atoms with Crippen LogP contribution in [0.2, 0.25) is 5.02 Å². The molecule has 0 spiro atoms. The van der Waals surface area contributed by atoms with E-state index in [2.05, 4.69) is 0 Å². The van der Waals surface area contributed by atoms with Crippen LogP contribution in [0.25, 0.3) is 11.1 Å². The number of alkyl halides is 3. The Balaban J connectivity index is 2.42. The van der Waals surface area contributed by atoms with Gasteiger partial charge in [-0.25, -0.2) is 0 Å². The first-order valence-electron chi connectivity index (χ1n) is 5.58. The second kappa shape index (κ2) is 5.23. The largest absolute Gasteiger partial charge is 0.416 e. The summed E-state index contributed by atoms with van der Waals surface area (Å²) in [6.07, 6.45) is -4.33. The van der Waals surface area contributed by atoms with Gasteiger partial charge in [-0.15, -0.1) is 0 Å². The van der Waals surface area contributed by atoms with Crippen molar-refractivity contribution in [3.63, 3.8) is 0 Å². The summed E-state index contributed by atoms with van der Waals surface area (Å²) in [4.78, 5) is 0. The van der Waals surface area contributed by atoms with Crippen LogP contribution in [0, 0.1) is 0 Å². The molecule has 0 radical (unpaired) electrons. The molecular formula is C14H11ClF3N. The molecule has 0 fully saturated rings. The molecule has 0 aromatic heterocycles. The molecule has 0 amide bonds. The van der Waals surface area contributed by atoms with E-state index < -0.39 is 11.7 Å². The Morgan fingerprint density at radius 3 is 2.16 bits per heavy atom. The van der Waals surface area contributed by atoms with Gasteiger partial charge in [0.15, 0.2) is 0 Å². The predicted molar refractivity (Wildman–Crippen MR) is 69.8 cm³/mol. The summed E-state index contributed by atoms with van der Waals surface area (Å²) in [5, 5.41) is 0.483. The number of benzene rings is 2. The number of hydrogen-bond donors (Lipinski definition) is 1. The zero-order valence-electron chi connectivity index (χ0n) is 9.84. The number of halogens is 4. The van der Waals surface area contributed by atoms with Crippen LogP contribution >= 0.6 is 11.6 Å². The minimum Gasteiger partial charge on any atom is -0.326 e. The Labute approximate surface area is 113 Å². The molecule has 0 aliphatic carbocycles. The average Bonchev–Trinajstić information content (AvgIpc) is 2.38. The van der Waals surface area contributed by atoms with Crippen molar-refractivity contribution < 1.29 is 13.2 Å². The first-order valence-corrected chi connectivity index (χ1v) is 5.96. The van der Waals surface area contributed by atoms with Crippen molar-refractivity contribution in [2.75, 3.05) is 0 Å². The molecule has 0 aliphatic heterocycles. The molecule has 0 aliphatic rings. The smallest absolute Gasteiger partial charge is 0.326 e. The van der Waals surface area contributed by atoms with Gasteiger partial charge in [0.05, 0.1) is 5.56 Å². The first kappa shape index (κ1) is 13.9. The fraction of sp³-hybridized carbons (Fsp3) is 0.143. The fourth-order valence-electron chi connectivity index (χ4n) is 1.76. The molecular weight excluding hydrogens is 275 g/mol. The van der Waals surface area contributed by atoms with Gasteiger partial charge in [-0.2, -0.15) is 13.2 Å². The molecule has 2 aromatic carbocycles. The van der Waals surface area contributed by atoms with Crippen LogP contribution in [0.4, 0.5) is 13.2 Å². The third kappa shape index (κ3) is 3.08. The van der Waals surface area contributed by atoms with E-state index in [1.807, 2.05) is 0 Å². The maximum atomic E-state index is 12.5. The van der Waals surface area contributed by atoms with Crippen LogP contribution in [0.3, 0.4) is 0 Å². The zero-order chi connectivity index (χ0) is 14.0. The Morgan fingerprint density at radius 2 is 1.63 bits per heavy atom. The second-order valence-corrected chi connectivity index (χ2v) is 4.50. The van der Waals surface area contributed by atoms with Crippen molar-refractivity contribution in [1.29, 1.82) is 0 Å². The van der Waals surface area contributed by atoms with Crippen LogP contribution in [0.15, 0.2) is 42.5 Å². The molecule has 2 N–H and O–H groups in total. The molecule has 100 valence electrons. The standard InChI is InChI=1S/C14H11ClF3N/c15-13-6-1-9(8-19)7-12(13)10-2-4-11(5-3-10)14(16,17)18/h1-7H,8,19H2. The fourth-order valence-corrected chi connectivity index (χ4v) is 1.99. The maximum absolute atomic E-state index is 12.5. The minimum atomic E-state index is -4.33. The third-order valence-electron chi connectivity index (χ3n) is 2.79. The quantitative estimate of drug-likeness (QED) is 0.865. The second-order valence-electron chi connectivity index (χ2n) is 4.09. The van der Waals surface area contributed by atoms with E-state index >= 15 is 0 Å². The minimum absolute atomic E-state index is 0.352. The summed E-state index contributed by atoms with van der Waals surface area (Å²) in [5.74, 6) is 0. The van der Waals surface area contributed by atoms with Crippen LogP contribution in [0.1, 0.15) is 11.1 Å². The monoisotopic (exact) mass is 285 g/mol. The lowest BCUT2D eigenvalue weighted by Crippen LogP contribution is -2.04. The number of hydrogen-bond acceptors (Lipinski definition) is 1. The highest BCUT2D eigenvalue weighted by Crippen LogP contribution is 2.33. The van der Waals surface area contributed by atoms with Crippen molar-refractivity contribution in [2.24, 2.45) is 5.73 Å². The third-order valence-corrected chi connectivity index (χ3v) is 3.12. The summed E-state index contributed by atoms with van der Waals surface area (Å²) in [6, 6.07) is 10.2. The molecule has 19 heavy (non-hydrogen) atoms. The van der Waals surface area contributed by atoms with Gasteiger partial charge in [-0.05, 0) is 35.4 Å². The first-order chi connectivity index (χ1) is 8.91. The van der Waals surface area contributed by atoms with Gasteiger partial charge in [0.25, 0.3) is 0 Å². The summed E-state index contributed by atoms with van der Waals surface area (Å²) < 4.78 is 37.4. The van der Waals surface area contributed by atoms with E-state index in [4.69, 9.17) is 17.3 Å². The molecule has 1 nitrogen and oxygen atoms in total. The lowest BCUT2D eigenvalue weighted by atomic mass is 10.0. The van der Waals surface area contributed by atoms with E-state index in [1.54, 1.807) is 18.2 Å². The predicted octanol–water partition coefficient (Wildman–Crippen LogP) is 4.48. The van der Waals surface area contributed by atoms with E-state index in [1.165, 1.54) is 12.1 Å². The SMILES string of the molecule is NCc1ccc(Cl)c(-c2ccc(C(F)(F)F)cc2)c1. The van der Waals surface area contributed by atoms with E-state index in [0.29, 0.717) is 22.7 Å². The Morgan fingerprint density at radius 1 is 1.00 bits per heavy atom. The lowest BCUT2D eigenvalue weighted by molar-refractivity contribution is -0.137. The van der Waals surface area contributed by atoms with Crippen LogP contribution < -0.4 is 5.73 Å². The Kier molecular flexibility index (Phi) is 3.83. The van der Waals surface area contributed by atoms with E-state index in [-0.39, 0.29) is 0 Å². The van der Waals surface area contributed by atoms with E-state index in [0.717, 1.165) is 17.7 Å². The molecule has 2 aromatic rings. The maximum Gasteiger partial charge on any atom is 0.416 e. The lowest BCUT2D eigenvalue weighted by Gasteiger charge is -2.10. The van der Waals surface area contributed by atoms with Crippen molar-refractivity contribution >= 4 is 11.6 Å². The molecule has 0 saturated heterocycles. The molecule has 5 heteroatoms. The topological polar surface area (TPSA) is 26.0 Å². The molecule has 0 atom stereocenters. The number of rotatable bonds is 2. The van der Waals surface area contributed by atoms with Gasteiger partial charge in [0.2, 0.25) is 0 Å². The molecule has 0 bridgehead atoms. The van der Waals surface area contributed by atoms with Crippen LogP contribution in [0.5, 0.6) is 0 Å². The van der Waals surface area contributed by atoms with Crippen LogP contribution in [-0.2, 0) is 12.7 Å². The van der Waals surface area contributed by atoms with Crippen molar-refractivity contribution in [3.05, 3.63) is 58.6 Å². The molecule has 0 heterocycles. The summed E-state index contributed by atoms with van der Waals surface area (Å²) in [7, 11) is 0. The molecule has 2 rings (SSSR count). The van der Waals surface area contributed by atoms with E-state index in [9.17, 15) is 13.2 Å². The normalized spacial score (nSPS) is 11.6. The highest BCUT2D eigenvalue weighted by molar-refractivity contribution is 6.33. The average molecular weight is 286 g/mol. The Bertz CT molecular complexity index is 576. The van der Waals surface area contributed by atoms with Crippen LogP contribution in [-0.4, -0.2) is 0 Å². The van der Waals surface area contributed by atoms with Crippen molar-refractivity contribution in [1.82, 2.24) is 0 Å². The van der Waals surface area contributed by atoms with Gasteiger partial charge in [0, 0.05) is 17.1 Å². The molecule has 0 unspecified atom stereocenters. The molecule has 0 saturated carbocycles. The summed E-state index contributed by atoms with van der Waals surface area (Å²) >= 11 is 6.05. The summed E-state index contributed by atoms with van der Waals surface area (Å²) in [5.41, 5.74) is 7.04. The van der Waals surface area contributed by atoms with Gasteiger partial charge in [0.1, 0.15) is 0 Å². The number of nitrogens with two attached hydrogens (primary N) is 1. The summed E-state index contributed by atoms with van der Waals surface area (Å²) in [6.45, 7) is 0.352. The van der Waals surface area contributed by atoms with Crippen molar-refractivity contribution in [2.45, 2.75) is 12.7 Å².